The minimum Gasteiger partial charge on any atom is -0.371 e. The van der Waals surface area contributed by atoms with E-state index in [1.54, 1.807) is 0 Å². The monoisotopic (exact) mass is 232 g/mol. The molecular weight excluding hydrogens is 208 g/mol. The lowest BCUT2D eigenvalue weighted by molar-refractivity contribution is 0.394. The third kappa shape index (κ3) is 2.81. The van der Waals surface area contributed by atoms with Gasteiger partial charge in [0, 0.05) is 24.8 Å². The van der Waals surface area contributed by atoms with Gasteiger partial charge in [0.05, 0.1) is 0 Å². The molecule has 0 bridgehead atoms. The zero-order chi connectivity index (χ0) is 12.3. The Morgan fingerprint density at radius 2 is 1.94 bits per heavy atom. The van der Waals surface area contributed by atoms with E-state index in [9.17, 15) is 0 Å². The predicted octanol–water partition coefficient (Wildman–Crippen LogP) is 3.33. The summed E-state index contributed by atoms with van der Waals surface area (Å²) >= 11 is 0. The van der Waals surface area contributed by atoms with Crippen molar-refractivity contribution < 1.29 is 0 Å². The molecule has 1 fully saturated rings. The number of nitrogens with zero attached hydrogens (tertiary/aromatic N) is 1. The van der Waals surface area contributed by atoms with Gasteiger partial charge in [0.1, 0.15) is 0 Å². The lowest BCUT2D eigenvalue weighted by Gasteiger charge is -2.35. The predicted molar refractivity (Wildman–Crippen MR) is 74.3 cm³/mol. The molecule has 1 atom stereocenters. The van der Waals surface area contributed by atoms with E-state index in [1.807, 2.05) is 0 Å². The van der Waals surface area contributed by atoms with Crippen LogP contribution in [0.2, 0.25) is 0 Å². The molecule has 0 aliphatic carbocycles. The van der Waals surface area contributed by atoms with Crippen LogP contribution in [0.15, 0.2) is 24.3 Å². The molecule has 0 aromatic heterocycles. The van der Waals surface area contributed by atoms with E-state index in [-0.39, 0.29) is 6.04 Å². The summed E-state index contributed by atoms with van der Waals surface area (Å²) in [7, 11) is 0. The number of piperidine rings is 1. The Labute approximate surface area is 105 Å². The fourth-order valence-electron chi connectivity index (χ4n) is 2.74. The number of para-hydroxylation sites is 1. The molecule has 1 aliphatic heterocycles. The zero-order valence-electron chi connectivity index (χ0n) is 11.0. The quantitative estimate of drug-likeness (QED) is 0.866. The molecule has 17 heavy (non-hydrogen) atoms. The van der Waals surface area contributed by atoms with Gasteiger partial charge in [0.2, 0.25) is 0 Å². The number of anilines is 1. The van der Waals surface area contributed by atoms with Crippen LogP contribution in [0, 0.1) is 5.92 Å². The Morgan fingerprint density at radius 3 is 2.53 bits per heavy atom. The Hall–Kier alpha value is -1.02. The van der Waals surface area contributed by atoms with Gasteiger partial charge in [-0.3, -0.25) is 0 Å². The van der Waals surface area contributed by atoms with Gasteiger partial charge in [-0.2, -0.15) is 0 Å². The molecule has 0 radical (unpaired) electrons. The van der Waals surface area contributed by atoms with Crippen molar-refractivity contribution in [1.82, 2.24) is 0 Å². The molecule has 94 valence electrons. The molecular formula is C15H24N2. The van der Waals surface area contributed by atoms with Crippen LogP contribution in [0.4, 0.5) is 5.69 Å². The minimum absolute atomic E-state index is 0.120. The van der Waals surface area contributed by atoms with Crippen LogP contribution >= 0.6 is 0 Å². The molecule has 0 amide bonds. The SMILES string of the molecule is CCC1CCN(c2ccccc2C(C)N)CC1. The molecule has 0 spiro atoms. The average Bonchev–Trinajstić information content (AvgIpc) is 2.39. The molecule has 1 aromatic rings. The Kier molecular flexibility index (Phi) is 4.06. The van der Waals surface area contributed by atoms with Gasteiger partial charge < -0.3 is 10.6 Å². The van der Waals surface area contributed by atoms with Gasteiger partial charge in [-0.05, 0) is 37.3 Å². The maximum Gasteiger partial charge on any atom is 0.0414 e. The van der Waals surface area contributed by atoms with Crippen molar-refractivity contribution in [2.45, 2.75) is 39.2 Å². The summed E-state index contributed by atoms with van der Waals surface area (Å²) in [6, 6.07) is 8.69. The minimum atomic E-state index is 0.120. The van der Waals surface area contributed by atoms with Crippen molar-refractivity contribution in [3.05, 3.63) is 29.8 Å². The normalized spacial score (nSPS) is 19.4. The average molecular weight is 232 g/mol. The molecule has 2 N–H and O–H groups in total. The molecule has 0 saturated carbocycles. The number of benzene rings is 1. The van der Waals surface area contributed by atoms with E-state index >= 15 is 0 Å². The second kappa shape index (κ2) is 5.54. The van der Waals surface area contributed by atoms with Crippen molar-refractivity contribution in [1.29, 1.82) is 0 Å². The molecule has 1 heterocycles. The highest BCUT2D eigenvalue weighted by molar-refractivity contribution is 5.55. The van der Waals surface area contributed by atoms with E-state index in [0.717, 1.165) is 5.92 Å². The van der Waals surface area contributed by atoms with Crippen molar-refractivity contribution >= 4 is 5.69 Å². The van der Waals surface area contributed by atoms with E-state index < -0.39 is 0 Å². The summed E-state index contributed by atoms with van der Waals surface area (Å²) in [6.07, 6.45) is 3.97. The lowest BCUT2D eigenvalue weighted by Crippen LogP contribution is -2.34. The molecule has 2 rings (SSSR count). The third-order valence-electron chi connectivity index (χ3n) is 3.96. The zero-order valence-corrected chi connectivity index (χ0v) is 11.0. The van der Waals surface area contributed by atoms with Crippen molar-refractivity contribution in [3.63, 3.8) is 0 Å². The molecule has 1 saturated heterocycles. The summed E-state index contributed by atoms with van der Waals surface area (Å²) in [5, 5.41) is 0. The summed E-state index contributed by atoms with van der Waals surface area (Å²) < 4.78 is 0. The van der Waals surface area contributed by atoms with Crippen LogP contribution in [-0.2, 0) is 0 Å². The fourth-order valence-corrected chi connectivity index (χ4v) is 2.74. The van der Waals surface area contributed by atoms with Gasteiger partial charge in [0.25, 0.3) is 0 Å². The first-order chi connectivity index (χ1) is 8.22. The summed E-state index contributed by atoms with van der Waals surface area (Å²) in [5.41, 5.74) is 8.67. The second-order valence-electron chi connectivity index (χ2n) is 5.19. The van der Waals surface area contributed by atoms with E-state index in [2.05, 4.69) is 43.0 Å². The number of hydrogen-bond donors (Lipinski definition) is 1. The number of rotatable bonds is 3. The van der Waals surface area contributed by atoms with Crippen LogP contribution < -0.4 is 10.6 Å². The summed E-state index contributed by atoms with van der Waals surface area (Å²) in [6.45, 7) is 6.73. The number of hydrogen-bond acceptors (Lipinski definition) is 2. The highest BCUT2D eigenvalue weighted by Gasteiger charge is 2.20. The van der Waals surface area contributed by atoms with Gasteiger partial charge in [-0.15, -0.1) is 0 Å². The molecule has 1 aliphatic rings. The van der Waals surface area contributed by atoms with Crippen LogP contribution in [0.3, 0.4) is 0 Å². The number of nitrogens with two attached hydrogens (primary N) is 1. The fraction of sp³-hybridized carbons (Fsp3) is 0.600. The smallest absolute Gasteiger partial charge is 0.0414 e. The van der Waals surface area contributed by atoms with Crippen molar-refractivity contribution in [2.75, 3.05) is 18.0 Å². The maximum atomic E-state index is 6.05. The Balaban J connectivity index is 2.13. The largest absolute Gasteiger partial charge is 0.371 e. The Morgan fingerprint density at radius 1 is 1.29 bits per heavy atom. The summed E-state index contributed by atoms with van der Waals surface area (Å²) in [4.78, 5) is 2.50. The van der Waals surface area contributed by atoms with Crippen LogP contribution in [0.5, 0.6) is 0 Å². The van der Waals surface area contributed by atoms with Crippen molar-refractivity contribution in [3.8, 4) is 0 Å². The first-order valence-corrected chi connectivity index (χ1v) is 6.81. The molecule has 2 heteroatoms. The summed E-state index contributed by atoms with van der Waals surface area (Å²) in [5.74, 6) is 0.925. The first kappa shape index (κ1) is 12.4. The maximum absolute atomic E-state index is 6.05. The highest BCUT2D eigenvalue weighted by Crippen LogP contribution is 2.29. The molecule has 1 unspecified atom stereocenters. The van der Waals surface area contributed by atoms with Gasteiger partial charge in [-0.25, -0.2) is 0 Å². The van der Waals surface area contributed by atoms with Gasteiger partial charge in [0.15, 0.2) is 0 Å². The van der Waals surface area contributed by atoms with Crippen molar-refractivity contribution in [2.24, 2.45) is 11.7 Å². The second-order valence-corrected chi connectivity index (χ2v) is 5.19. The van der Waals surface area contributed by atoms with Gasteiger partial charge in [-0.1, -0.05) is 31.5 Å². The molecule has 1 aromatic carbocycles. The van der Waals surface area contributed by atoms with E-state index in [1.165, 1.54) is 43.6 Å². The van der Waals surface area contributed by atoms with Crippen LogP contribution in [0.25, 0.3) is 0 Å². The van der Waals surface area contributed by atoms with E-state index in [4.69, 9.17) is 5.73 Å². The van der Waals surface area contributed by atoms with E-state index in [0.29, 0.717) is 0 Å². The van der Waals surface area contributed by atoms with Crippen LogP contribution in [0.1, 0.15) is 44.7 Å². The standard InChI is InChI=1S/C15H24N2/c1-3-13-8-10-17(11-9-13)15-7-5-4-6-14(15)12(2)16/h4-7,12-13H,3,8-11,16H2,1-2H3. The topological polar surface area (TPSA) is 29.3 Å². The van der Waals surface area contributed by atoms with Gasteiger partial charge >= 0.3 is 0 Å². The first-order valence-electron chi connectivity index (χ1n) is 6.81. The van der Waals surface area contributed by atoms with Crippen LogP contribution in [-0.4, -0.2) is 13.1 Å². The highest BCUT2D eigenvalue weighted by atomic mass is 15.1. The third-order valence-corrected chi connectivity index (χ3v) is 3.96. The lowest BCUT2D eigenvalue weighted by atomic mass is 9.93. The Bertz CT molecular complexity index is 352. The molecule has 2 nitrogen and oxygen atoms in total.